The number of carbonyl (C=O) groups is 2. The SMILES string of the molecule is COC(=O)/C=C(/Nc1cccc(-c2nc3cc(OC)ccc3o2)c1C)C(=O)OC. The third kappa shape index (κ3) is 4.21. The van der Waals surface area contributed by atoms with Crippen molar-refractivity contribution in [3.8, 4) is 17.2 Å². The average Bonchev–Trinajstić information content (AvgIpc) is 3.16. The summed E-state index contributed by atoms with van der Waals surface area (Å²) in [6.07, 6.45) is 1.03. The molecule has 0 bridgehead atoms. The molecule has 3 aromatic rings. The van der Waals surface area contributed by atoms with Crippen molar-refractivity contribution >= 4 is 28.7 Å². The maximum absolute atomic E-state index is 12.0. The van der Waals surface area contributed by atoms with Crippen LogP contribution >= 0.6 is 0 Å². The third-order valence-corrected chi connectivity index (χ3v) is 4.30. The van der Waals surface area contributed by atoms with E-state index in [0.717, 1.165) is 17.2 Å². The molecule has 0 saturated heterocycles. The molecule has 0 spiro atoms. The molecule has 3 rings (SSSR count). The molecule has 8 nitrogen and oxygen atoms in total. The van der Waals surface area contributed by atoms with Crippen molar-refractivity contribution in [1.82, 2.24) is 4.98 Å². The molecule has 29 heavy (non-hydrogen) atoms. The smallest absolute Gasteiger partial charge is 0.354 e. The molecule has 0 saturated carbocycles. The lowest BCUT2D eigenvalue weighted by molar-refractivity contribution is -0.138. The van der Waals surface area contributed by atoms with Gasteiger partial charge in [0, 0.05) is 17.3 Å². The van der Waals surface area contributed by atoms with Crippen LogP contribution in [0, 0.1) is 6.92 Å². The van der Waals surface area contributed by atoms with Crippen molar-refractivity contribution < 1.29 is 28.2 Å². The fourth-order valence-electron chi connectivity index (χ4n) is 2.73. The van der Waals surface area contributed by atoms with Gasteiger partial charge in [-0.3, -0.25) is 0 Å². The Bertz CT molecular complexity index is 1100. The maximum atomic E-state index is 12.0. The van der Waals surface area contributed by atoms with Gasteiger partial charge in [0.1, 0.15) is 17.0 Å². The topological polar surface area (TPSA) is 99.9 Å². The number of anilines is 1. The number of hydrogen-bond acceptors (Lipinski definition) is 8. The number of carbonyl (C=O) groups excluding carboxylic acids is 2. The molecular formula is C21H20N2O6. The van der Waals surface area contributed by atoms with Gasteiger partial charge in [0.2, 0.25) is 5.89 Å². The highest BCUT2D eigenvalue weighted by Crippen LogP contribution is 2.32. The van der Waals surface area contributed by atoms with Crippen LogP contribution in [0.25, 0.3) is 22.6 Å². The van der Waals surface area contributed by atoms with E-state index in [4.69, 9.17) is 13.9 Å². The average molecular weight is 396 g/mol. The quantitative estimate of drug-likeness (QED) is 0.500. The molecule has 0 radical (unpaired) electrons. The van der Waals surface area contributed by atoms with Gasteiger partial charge in [-0.05, 0) is 36.8 Å². The summed E-state index contributed by atoms with van der Waals surface area (Å²) >= 11 is 0. The number of hydrogen-bond donors (Lipinski definition) is 1. The molecule has 0 aliphatic heterocycles. The van der Waals surface area contributed by atoms with Crippen molar-refractivity contribution in [2.45, 2.75) is 6.92 Å². The Balaban J connectivity index is 2.00. The number of nitrogens with one attached hydrogen (secondary N) is 1. The molecule has 1 aromatic heterocycles. The molecule has 150 valence electrons. The first kappa shape index (κ1) is 19.9. The molecule has 0 aliphatic carbocycles. The first-order valence-corrected chi connectivity index (χ1v) is 8.66. The minimum absolute atomic E-state index is 0.0538. The normalized spacial score (nSPS) is 11.2. The van der Waals surface area contributed by atoms with Gasteiger partial charge in [-0.15, -0.1) is 0 Å². The van der Waals surface area contributed by atoms with Crippen LogP contribution in [0.5, 0.6) is 5.75 Å². The second kappa shape index (κ2) is 8.47. The van der Waals surface area contributed by atoms with E-state index in [1.807, 2.05) is 13.0 Å². The Morgan fingerprint density at radius 1 is 1.10 bits per heavy atom. The minimum atomic E-state index is -0.700. The number of nitrogens with zero attached hydrogens (tertiary/aromatic N) is 1. The highest BCUT2D eigenvalue weighted by atomic mass is 16.5. The van der Waals surface area contributed by atoms with Crippen molar-refractivity contribution in [3.05, 3.63) is 53.7 Å². The number of ether oxygens (including phenoxy) is 3. The van der Waals surface area contributed by atoms with Gasteiger partial charge in [0.25, 0.3) is 0 Å². The number of fused-ring (bicyclic) bond motifs is 1. The molecule has 1 heterocycles. The number of oxazole rings is 1. The summed E-state index contributed by atoms with van der Waals surface area (Å²) in [6, 6.07) is 10.8. The summed E-state index contributed by atoms with van der Waals surface area (Å²) in [4.78, 5) is 28.1. The van der Waals surface area contributed by atoms with Crippen LogP contribution in [-0.2, 0) is 19.1 Å². The zero-order chi connectivity index (χ0) is 21.0. The number of aromatic nitrogens is 1. The van der Waals surface area contributed by atoms with Gasteiger partial charge in [0.05, 0.1) is 27.4 Å². The lowest BCUT2D eigenvalue weighted by Crippen LogP contribution is -2.16. The molecule has 0 aliphatic rings. The number of methoxy groups -OCH3 is 3. The van der Waals surface area contributed by atoms with E-state index in [2.05, 4.69) is 15.0 Å². The molecule has 0 unspecified atom stereocenters. The first-order valence-electron chi connectivity index (χ1n) is 8.66. The van der Waals surface area contributed by atoms with Gasteiger partial charge >= 0.3 is 11.9 Å². The van der Waals surface area contributed by atoms with E-state index in [9.17, 15) is 9.59 Å². The van der Waals surface area contributed by atoms with Crippen molar-refractivity contribution in [1.29, 1.82) is 0 Å². The molecular weight excluding hydrogens is 376 g/mol. The van der Waals surface area contributed by atoms with E-state index < -0.39 is 11.9 Å². The maximum Gasteiger partial charge on any atom is 0.354 e. The van der Waals surface area contributed by atoms with Gasteiger partial charge in [-0.2, -0.15) is 0 Å². The lowest BCUT2D eigenvalue weighted by atomic mass is 10.1. The first-order chi connectivity index (χ1) is 14.0. The zero-order valence-corrected chi connectivity index (χ0v) is 16.4. The van der Waals surface area contributed by atoms with E-state index in [0.29, 0.717) is 28.4 Å². The van der Waals surface area contributed by atoms with Crippen LogP contribution in [0.3, 0.4) is 0 Å². The summed E-state index contributed by atoms with van der Waals surface area (Å²) in [5.74, 6) is -0.278. The second-order valence-electron chi connectivity index (χ2n) is 6.03. The molecule has 0 atom stereocenters. The van der Waals surface area contributed by atoms with Crippen LogP contribution in [0.1, 0.15) is 5.56 Å². The van der Waals surface area contributed by atoms with E-state index >= 15 is 0 Å². The third-order valence-electron chi connectivity index (χ3n) is 4.30. The Morgan fingerprint density at radius 2 is 1.90 bits per heavy atom. The molecule has 0 fully saturated rings. The van der Waals surface area contributed by atoms with Crippen LogP contribution in [-0.4, -0.2) is 38.3 Å². The van der Waals surface area contributed by atoms with Crippen LogP contribution in [0.2, 0.25) is 0 Å². The highest BCUT2D eigenvalue weighted by Gasteiger charge is 2.17. The van der Waals surface area contributed by atoms with E-state index in [1.165, 1.54) is 14.2 Å². The Morgan fingerprint density at radius 3 is 2.59 bits per heavy atom. The van der Waals surface area contributed by atoms with E-state index in [-0.39, 0.29) is 5.70 Å². The minimum Gasteiger partial charge on any atom is -0.497 e. The highest BCUT2D eigenvalue weighted by molar-refractivity contribution is 5.99. The Labute approximate surface area is 167 Å². The molecule has 1 N–H and O–H groups in total. The van der Waals surface area contributed by atoms with Crippen LogP contribution in [0.15, 0.2) is 52.6 Å². The van der Waals surface area contributed by atoms with Gasteiger partial charge in [-0.1, -0.05) is 6.07 Å². The van der Waals surface area contributed by atoms with Crippen molar-refractivity contribution in [2.24, 2.45) is 0 Å². The van der Waals surface area contributed by atoms with Gasteiger partial charge in [0.15, 0.2) is 5.58 Å². The van der Waals surface area contributed by atoms with Crippen LogP contribution in [0.4, 0.5) is 5.69 Å². The summed E-state index contributed by atoms with van der Waals surface area (Å²) in [5.41, 5.74) is 3.32. The number of esters is 2. The van der Waals surface area contributed by atoms with Crippen molar-refractivity contribution in [3.63, 3.8) is 0 Å². The summed E-state index contributed by atoms with van der Waals surface area (Å²) in [5, 5.41) is 2.92. The summed E-state index contributed by atoms with van der Waals surface area (Å²) in [7, 11) is 4.04. The van der Waals surface area contributed by atoms with Gasteiger partial charge < -0.3 is 23.9 Å². The lowest BCUT2D eigenvalue weighted by Gasteiger charge is -2.13. The molecule has 8 heteroatoms. The predicted octanol–water partition coefficient (Wildman–Crippen LogP) is 3.45. The Hall–Kier alpha value is -3.81. The predicted molar refractivity (Wildman–Crippen MR) is 106 cm³/mol. The fourth-order valence-corrected chi connectivity index (χ4v) is 2.73. The number of rotatable bonds is 6. The molecule has 0 amide bonds. The monoisotopic (exact) mass is 396 g/mol. The summed E-state index contributed by atoms with van der Waals surface area (Å²) in [6.45, 7) is 1.85. The summed E-state index contributed by atoms with van der Waals surface area (Å²) < 4.78 is 20.4. The zero-order valence-electron chi connectivity index (χ0n) is 16.4. The van der Waals surface area contributed by atoms with Crippen molar-refractivity contribution in [2.75, 3.05) is 26.6 Å². The Kier molecular flexibility index (Phi) is 5.82. The molecule has 2 aromatic carbocycles. The van der Waals surface area contributed by atoms with Gasteiger partial charge in [-0.25, -0.2) is 14.6 Å². The number of benzene rings is 2. The van der Waals surface area contributed by atoms with Crippen LogP contribution < -0.4 is 10.1 Å². The second-order valence-corrected chi connectivity index (χ2v) is 6.03. The standard InChI is InChI=1S/C21H20N2O6/c1-12-14(20-23-16-10-13(26-2)8-9-18(16)29-20)6-5-7-15(12)22-17(21(25)28-4)11-19(24)27-3/h5-11,22H,1-4H3/b17-11+. The fraction of sp³-hybridized carbons (Fsp3) is 0.190. The van der Waals surface area contributed by atoms with E-state index in [1.54, 1.807) is 37.4 Å². The largest absolute Gasteiger partial charge is 0.497 e.